The van der Waals surface area contributed by atoms with Crippen LogP contribution in [0.5, 0.6) is 0 Å². The molecule has 11 aromatic rings. The predicted molar refractivity (Wildman–Crippen MR) is 227 cm³/mol. The van der Waals surface area contributed by atoms with Gasteiger partial charge in [0.2, 0.25) is 0 Å². The fraction of sp³-hybridized carbons (Fsp3) is 0. The molecule has 1 aromatic heterocycles. The number of para-hydroxylation sites is 2. The minimum Gasteiger partial charge on any atom is -0.309 e. The van der Waals surface area contributed by atoms with Gasteiger partial charge in [0.05, 0.1) is 11.0 Å². The van der Waals surface area contributed by atoms with Gasteiger partial charge in [0.1, 0.15) is 0 Å². The maximum Gasteiger partial charge on any atom is 0.0619 e. The second-order valence-corrected chi connectivity index (χ2v) is 14.0. The summed E-state index contributed by atoms with van der Waals surface area (Å²) in [6.45, 7) is 0. The summed E-state index contributed by atoms with van der Waals surface area (Å²) < 4.78 is 2.43. The zero-order valence-electron chi connectivity index (χ0n) is 29.0. The van der Waals surface area contributed by atoms with E-state index in [0.29, 0.717) is 0 Å². The van der Waals surface area contributed by atoms with Gasteiger partial charge in [0, 0.05) is 21.8 Å². The van der Waals surface area contributed by atoms with Crippen LogP contribution in [0.1, 0.15) is 0 Å². The molecule has 53 heavy (non-hydrogen) atoms. The second kappa shape index (κ2) is 11.8. The third-order valence-electron chi connectivity index (χ3n) is 11.2. The molecule has 0 N–H and O–H groups in total. The van der Waals surface area contributed by atoms with Crippen LogP contribution in [-0.4, -0.2) is 4.57 Å². The molecule has 0 fully saturated rings. The molecule has 0 saturated carbocycles. The Hall–Kier alpha value is -6.96. The van der Waals surface area contributed by atoms with E-state index in [0.717, 1.165) is 0 Å². The van der Waals surface area contributed by atoms with Gasteiger partial charge in [-0.2, -0.15) is 0 Å². The van der Waals surface area contributed by atoms with Crippen molar-refractivity contribution < 1.29 is 0 Å². The van der Waals surface area contributed by atoms with Gasteiger partial charge >= 0.3 is 0 Å². The quantitative estimate of drug-likeness (QED) is 0.164. The number of hydrogen-bond donors (Lipinski definition) is 0. The molecule has 0 spiro atoms. The highest BCUT2D eigenvalue weighted by molar-refractivity contribution is 6.24. The number of hydrogen-bond acceptors (Lipinski definition) is 0. The van der Waals surface area contributed by atoms with Crippen molar-refractivity contribution in [3.05, 3.63) is 200 Å². The Bertz CT molecular complexity index is 3140. The molecule has 10 aromatic carbocycles. The Kier molecular flexibility index (Phi) is 6.62. The second-order valence-electron chi connectivity index (χ2n) is 14.0. The smallest absolute Gasteiger partial charge is 0.0619 e. The first kappa shape index (κ1) is 29.7. The minimum absolute atomic E-state index is 1.17. The van der Waals surface area contributed by atoms with Gasteiger partial charge in [-0.05, 0) is 95.3 Å². The normalized spacial score (nSPS) is 11.8. The summed E-state index contributed by atoms with van der Waals surface area (Å²) in [6, 6.07) is 73.4. The molecule has 1 heteroatoms. The van der Waals surface area contributed by atoms with E-state index in [2.05, 4.69) is 205 Å². The maximum absolute atomic E-state index is 2.43. The molecule has 0 aliphatic heterocycles. The summed E-state index contributed by atoms with van der Waals surface area (Å²) in [5, 5.41) is 12.6. The average molecular weight is 672 g/mol. The van der Waals surface area contributed by atoms with Gasteiger partial charge in [0.15, 0.2) is 0 Å². The fourth-order valence-electron chi connectivity index (χ4n) is 8.90. The van der Waals surface area contributed by atoms with Crippen LogP contribution in [0, 0.1) is 0 Å². The summed E-state index contributed by atoms with van der Waals surface area (Å²) in [5.41, 5.74) is 11.2. The van der Waals surface area contributed by atoms with Crippen LogP contribution >= 0.6 is 0 Å². The summed E-state index contributed by atoms with van der Waals surface area (Å²) in [6.07, 6.45) is 0. The molecule has 11 rings (SSSR count). The fourth-order valence-corrected chi connectivity index (χ4v) is 8.90. The van der Waals surface area contributed by atoms with Crippen LogP contribution in [0.3, 0.4) is 0 Å². The first-order valence-electron chi connectivity index (χ1n) is 18.4. The Labute approximate surface area is 307 Å². The van der Waals surface area contributed by atoms with E-state index in [4.69, 9.17) is 0 Å². The molecule has 0 aliphatic carbocycles. The van der Waals surface area contributed by atoms with E-state index in [9.17, 15) is 0 Å². The van der Waals surface area contributed by atoms with Crippen molar-refractivity contribution >= 4 is 64.9 Å². The lowest BCUT2D eigenvalue weighted by Gasteiger charge is -2.19. The molecular weight excluding hydrogens is 639 g/mol. The molecule has 0 unspecified atom stereocenters. The minimum atomic E-state index is 1.17. The molecule has 0 atom stereocenters. The summed E-state index contributed by atoms with van der Waals surface area (Å²) in [7, 11) is 0. The summed E-state index contributed by atoms with van der Waals surface area (Å²) in [5.74, 6) is 0. The van der Waals surface area contributed by atoms with Gasteiger partial charge in [-0.1, -0.05) is 176 Å². The van der Waals surface area contributed by atoms with E-state index in [1.807, 2.05) is 0 Å². The SMILES string of the molecule is c1ccc(-n2c3ccccc3c3cc(-c4ccc(-c5c6ccccc6c(-c6cccc7ccccc67)c6ccccc56)cc4)c4ccccc4c32)cc1. The first-order valence-corrected chi connectivity index (χ1v) is 18.4. The lowest BCUT2D eigenvalue weighted by molar-refractivity contribution is 1.19. The number of rotatable bonds is 4. The highest BCUT2D eigenvalue weighted by Crippen LogP contribution is 2.46. The molecular formula is C52H33N. The number of nitrogens with zero attached hydrogens (tertiary/aromatic N) is 1. The van der Waals surface area contributed by atoms with Gasteiger partial charge in [0.25, 0.3) is 0 Å². The topological polar surface area (TPSA) is 4.93 Å². The van der Waals surface area contributed by atoms with Crippen molar-refractivity contribution in [2.24, 2.45) is 0 Å². The Morgan fingerprint density at radius 3 is 1.49 bits per heavy atom. The Morgan fingerprint density at radius 1 is 0.283 bits per heavy atom. The molecule has 0 saturated heterocycles. The third-order valence-corrected chi connectivity index (χ3v) is 11.2. The molecule has 0 aliphatic rings. The van der Waals surface area contributed by atoms with Gasteiger partial charge < -0.3 is 4.57 Å². The molecule has 246 valence electrons. The Morgan fingerprint density at radius 2 is 0.792 bits per heavy atom. The zero-order valence-corrected chi connectivity index (χ0v) is 29.0. The number of aromatic nitrogens is 1. The number of benzene rings is 10. The summed E-state index contributed by atoms with van der Waals surface area (Å²) in [4.78, 5) is 0. The van der Waals surface area contributed by atoms with Crippen LogP contribution in [0.25, 0.3) is 104 Å². The highest BCUT2D eigenvalue weighted by atomic mass is 15.0. The molecule has 0 radical (unpaired) electrons. The van der Waals surface area contributed by atoms with Crippen LogP contribution in [0.4, 0.5) is 0 Å². The van der Waals surface area contributed by atoms with Crippen LogP contribution < -0.4 is 0 Å². The molecule has 1 heterocycles. The van der Waals surface area contributed by atoms with E-state index in [1.54, 1.807) is 0 Å². The van der Waals surface area contributed by atoms with Crippen molar-refractivity contribution in [1.82, 2.24) is 4.57 Å². The first-order chi connectivity index (χ1) is 26.3. The maximum atomic E-state index is 2.43. The van der Waals surface area contributed by atoms with E-state index in [1.165, 1.54) is 104 Å². The van der Waals surface area contributed by atoms with Gasteiger partial charge in [-0.15, -0.1) is 0 Å². The largest absolute Gasteiger partial charge is 0.309 e. The van der Waals surface area contributed by atoms with E-state index in [-0.39, 0.29) is 0 Å². The van der Waals surface area contributed by atoms with Crippen LogP contribution in [0.15, 0.2) is 200 Å². The lowest BCUT2D eigenvalue weighted by atomic mass is 9.84. The van der Waals surface area contributed by atoms with Crippen molar-refractivity contribution in [3.8, 4) is 39.1 Å². The Balaban J connectivity index is 1.13. The van der Waals surface area contributed by atoms with Crippen LogP contribution in [-0.2, 0) is 0 Å². The highest BCUT2D eigenvalue weighted by Gasteiger charge is 2.20. The van der Waals surface area contributed by atoms with Crippen molar-refractivity contribution in [2.45, 2.75) is 0 Å². The van der Waals surface area contributed by atoms with E-state index < -0.39 is 0 Å². The lowest BCUT2D eigenvalue weighted by Crippen LogP contribution is -1.94. The molecule has 1 nitrogen and oxygen atoms in total. The zero-order chi connectivity index (χ0) is 34.9. The van der Waals surface area contributed by atoms with Gasteiger partial charge in [-0.3, -0.25) is 0 Å². The predicted octanol–water partition coefficient (Wildman–Crippen LogP) is 14.4. The standard InChI is InChI=1S/C52H33N/c1-2-17-37(18-3-1)53-49-28-13-12-21-40(49)48-33-47(39-20-6-11-26-46(39)52(48)53)35-29-31-36(32-30-35)50-42-22-7-9-24-44(42)51(45-25-10-8-23-43(45)50)41-27-14-16-34-15-4-5-19-38(34)41/h1-33H. The van der Waals surface area contributed by atoms with Crippen molar-refractivity contribution in [2.75, 3.05) is 0 Å². The van der Waals surface area contributed by atoms with Crippen molar-refractivity contribution in [3.63, 3.8) is 0 Å². The average Bonchev–Trinajstić information content (AvgIpc) is 3.57. The molecule has 0 bridgehead atoms. The molecule has 0 amide bonds. The van der Waals surface area contributed by atoms with Crippen LogP contribution in [0.2, 0.25) is 0 Å². The third kappa shape index (κ3) is 4.51. The summed E-state index contributed by atoms with van der Waals surface area (Å²) >= 11 is 0. The number of fused-ring (bicyclic) bond motifs is 8. The van der Waals surface area contributed by atoms with E-state index >= 15 is 0 Å². The monoisotopic (exact) mass is 671 g/mol. The van der Waals surface area contributed by atoms with Gasteiger partial charge in [-0.25, -0.2) is 0 Å². The van der Waals surface area contributed by atoms with Crippen molar-refractivity contribution in [1.29, 1.82) is 0 Å².